The molecular formula is C8H17NO3. The van der Waals surface area contributed by atoms with Crippen LogP contribution in [0.3, 0.4) is 0 Å². The third-order valence-electron chi connectivity index (χ3n) is 1.41. The highest BCUT2D eigenvalue weighted by Crippen LogP contribution is 1.92. The van der Waals surface area contributed by atoms with Crippen LogP contribution < -0.4 is 5.73 Å². The molecule has 0 aromatic heterocycles. The van der Waals surface area contributed by atoms with Gasteiger partial charge in [0, 0.05) is 12.6 Å². The third-order valence-corrected chi connectivity index (χ3v) is 1.41. The molecule has 0 unspecified atom stereocenters. The lowest BCUT2D eigenvalue weighted by molar-refractivity contribution is -0.137. The molecule has 0 aromatic rings. The van der Waals surface area contributed by atoms with Crippen molar-refractivity contribution in [3.63, 3.8) is 0 Å². The highest BCUT2D eigenvalue weighted by molar-refractivity contribution is 5.67. The summed E-state index contributed by atoms with van der Waals surface area (Å²) in [5, 5.41) is 8.35. The van der Waals surface area contributed by atoms with Gasteiger partial charge in [0.15, 0.2) is 0 Å². The molecule has 0 saturated heterocycles. The summed E-state index contributed by atoms with van der Waals surface area (Å²) < 4.78 is 5.15. The minimum Gasteiger partial charge on any atom is -0.481 e. The van der Waals surface area contributed by atoms with Crippen molar-refractivity contribution in [2.45, 2.75) is 32.2 Å². The molecule has 0 bridgehead atoms. The number of rotatable bonds is 7. The van der Waals surface area contributed by atoms with E-state index in [4.69, 9.17) is 15.6 Å². The number of hydrogen-bond acceptors (Lipinski definition) is 3. The van der Waals surface area contributed by atoms with Crippen LogP contribution in [-0.4, -0.2) is 30.3 Å². The van der Waals surface area contributed by atoms with E-state index in [1.165, 1.54) is 0 Å². The lowest BCUT2D eigenvalue weighted by atomic mass is 10.2. The lowest BCUT2D eigenvalue weighted by Crippen LogP contribution is -2.29. The van der Waals surface area contributed by atoms with Crippen molar-refractivity contribution in [3.05, 3.63) is 0 Å². The molecule has 0 aromatic carbocycles. The Morgan fingerprint density at radius 3 is 2.83 bits per heavy atom. The maximum Gasteiger partial charge on any atom is 0.305 e. The van der Waals surface area contributed by atoms with Crippen LogP contribution in [0, 0.1) is 0 Å². The first-order valence-electron chi connectivity index (χ1n) is 4.22. The van der Waals surface area contributed by atoms with Crippen molar-refractivity contribution in [2.75, 3.05) is 13.2 Å². The SMILES string of the molecule is CCCCOC[C@H](N)CC(=O)O. The van der Waals surface area contributed by atoms with Gasteiger partial charge in [-0.3, -0.25) is 4.79 Å². The van der Waals surface area contributed by atoms with Crippen LogP contribution in [0.1, 0.15) is 26.2 Å². The maximum absolute atomic E-state index is 10.2. The minimum atomic E-state index is -0.874. The molecule has 0 aliphatic carbocycles. The predicted octanol–water partition coefficient (Wildman–Crippen LogP) is 0.605. The van der Waals surface area contributed by atoms with Gasteiger partial charge >= 0.3 is 5.97 Å². The zero-order valence-corrected chi connectivity index (χ0v) is 7.45. The Bertz CT molecular complexity index is 127. The lowest BCUT2D eigenvalue weighted by Gasteiger charge is -2.08. The first kappa shape index (κ1) is 11.4. The van der Waals surface area contributed by atoms with Crippen LogP contribution in [-0.2, 0) is 9.53 Å². The van der Waals surface area contributed by atoms with E-state index in [2.05, 4.69) is 6.92 Å². The zero-order valence-electron chi connectivity index (χ0n) is 7.45. The smallest absolute Gasteiger partial charge is 0.305 e. The maximum atomic E-state index is 10.2. The molecule has 1 atom stereocenters. The van der Waals surface area contributed by atoms with Crippen LogP contribution >= 0.6 is 0 Å². The average molecular weight is 175 g/mol. The Kier molecular flexibility index (Phi) is 6.70. The van der Waals surface area contributed by atoms with Crippen molar-refractivity contribution in [1.82, 2.24) is 0 Å². The molecule has 0 saturated carbocycles. The number of hydrogen-bond donors (Lipinski definition) is 2. The second kappa shape index (κ2) is 7.06. The molecule has 0 fully saturated rings. The largest absolute Gasteiger partial charge is 0.481 e. The zero-order chi connectivity index (χ0) is 9.40. The van der Waals surface area contributed by atoms with Gasteiger partial charge in [-0.15, -0.1) is 0 Å². The molecule has 3 N–H and O–H groups in total. The number of carboxylic acid groups (broad SMARTS) is 1. The monoisotopic (exact) mass is 175 g/mol. The van der Waals surface area contributed by atoms with E-state index in [0.29, 0.717) is 13.2 Å². The molecule has 72 valence electrons. The molecule has 4 heteroatoms. The first-order chi connectivity index (χ1) is 5.66. The molecule has 0 amide bonds. The predicted molar refractivity (Wildman–Crippen MR) is 46.0 cm³/mol. The molecule has 0 heterocycles. The Labute approximate surface area is 72.7 Å². The van der Waals surface area contributed by atoms with Gasteiger partial charge in [0.05, 0.1) is 13.0 Å². The van der Waals surface area contributed by atoms with Crippen molar-refractivity contribution in [3.8, 4) is 0 Å². The van der Waals surface area contributed by atoms with E-state index in [0.717, 1.165) is 12.8 Å². The van der Waals surface area contributed by atoms with E-state index >= 15 is 0 Å². The van der Waals surface area contributed by atoms with Gasteiger partial charge in [-0.2, -0.15) is 0 Å². The fourth-order valence-electron chi connectivity index (χ4n) is 0.764. The fourth-order valence-corrected chi connectivity index (χ4v) is 0.764. The van der Waals surface area contributed by atoms with E-state index in [9.17, 15) is 4.79 Å². The van der Waals surface area contributed by atoms with Crippen molar-refractivity contribution >= 4 is 5.97 Å². The number of carboxylic acids is 1. The van der Waals surface area contributed by atoms with E-state index < -0.39 is 5.97 Å². The standard InChI is InChI=1S/C8H17NO3/c1-2-3-4-12-6-7(9)5-8(10)11/h7H,2-6,9H2,1H3,(H,10,11)/t7-/m1/s1. The van der Waals surface area contributed by atoms with Gasteiger partial charge in [-0.05, 0) is 6.42 Å². The Balaban J connectivity index is 3.19. The van der Waals surface area contributed by atoms with Crippen LogP contribution in [0.4, 0.5) is 0 Å². The van der Waals surface area contributed by atoms with Crippen LogP contribution in [0.2, 0.25) is 0 Å². The second-order valence-corrected chi connectivity index (χ2v) is 2.79. The van der Waals surface area contributed by atoms with Gasteiger partial charge < -0.3 is 15.6 Å². The molecule has 0 aliphatic heterocycles. The topological polar surface area (TPSA) is 72.5 Å². The van der Waals surface area contributed by atoms with Gasteiger partial charge in [-0.1, -0.05) is 13.3 Å². The van der Waals surface area contributed by atoms with Crippen LogP contribution in [0.15, 0.2) is 0 Å². The fraction of sp³-hybridized carbons (Fsp3) is 0.875. The number of aliphatic carboxylic acids is 1. The summed E-state index contributed by atoms with van der Waals surface area (Å²) in [5.41, 5.74) is 5.45. The number of nitrogens with two attached hydrogens (primary N) is 1. The van der Waals surface area contributed by atoms with Crippen LogP contribution in [0.5, 0.6) is 0 Å². The molecule has 0 rings (SSSR count). The summed E-state index contributed by atoms with van der Waals surface area (Å²) in [6.45, 7) is 3.08. The van der Waals surface area contributed by atoms with Crippen molar-refractivity contribution < 1.29 is 14.6 Å². The summed E-state index contributed by atoms with van der Waals surface area (Å²) in [7, 11) is 0. The molecule has 0 spiro atoms. The molecule has 0 radical (unpaired) electrons. The first-order valence-corrected chi connectivity index (χ1v) is 4.22. The summed E-state index contributed by atoms with van der Waals surface area (Å²) in [6, 6.07) is -0.376. The molecule has 12 heavy (non-hydrogen) atoms. The average Bonchev–Trinajstić information content (AvgIpc) is 1.97. The van der Waals surface area contributed by atoms with Crippen molar-refractivity contribution in [2.24, 2.45) is 5.73 Å². The Morgan fingerprint density at radius 2 is 2.33 bits per heavy atom. The van der Waals surface area contributed by atoms with E-state index in [1.807, 2.05) is 0 Å². The minimum absolute atomic E-state index is 0.0217. The summed E-state index contributed by atoms with van der Waals surface area (Å²) in [5.74, 6) is -0.874. The van der Waals surface area contributed by atoms with Crippen LogP contribution in [0.25, 0.3) is 0 Å². The van der Waals surface area contributed by atoms with Gasteiger partial charge in [0.1, 0.15) is 0 Å². The van der Waals surface area contributed by atoms with Gasteiger partial charge in [0.25, 0.3) is 0 Å². The quantitative estimate of drug-likeness (QED) is 0.556. The van der Waals surface area contributed by atoms with Crippen molar-refractivity contribution in [1.29, 1.82) is 0 Å². The summed E-state index contributed by atoms with van der Waals surface area (Å²) in [4.78, 5) is 10.2. The molecule has 4 nitrogen and oxygen atoms in total. The van der Waals surface area contributed by atoms with E-state index in [-0.39, 0.29) is 12.5 Å². The molecular weight excluding hydrogens is 158 g/mol. The van der Waals surface area contributed by atoms with Gasteiger partial charge in [0.2, 0.25) is 0 Å². The summed E-state index contributed by atoms with van der Waals surface area (Å²) in [6.07, 6.45) is 2.06. The summed E-state index contributed by atoms with van der Waals surface area (Å²) >= 11 is 0. The third kappa shape index (κ3) is 7.50. The highest BCUT2D eigenvalue weighted by Gasteiger charge is 2.06. The number of ether oxygens (including phenoxy) is 1. The van der Waals surface area contributed by atoms with Gasteiger partial charge in [-0.25, -0.2) is 0 Å². The molecule has 0 aliphatic rings. The highest BCUT2D eigenvalue weighted by atomic mass is 16.5. The number of unbranched alkanes of at least 4 members (excludes halogenated alkanes) is 1. The van der Waals surface area contributed by atoms with E-state index in [1.54, 1.807) is 0 Å². The number of carbonyl (C=O) groups is 1. The second-order valence-electron chi connectivity index (χ2n) is 2.79. The Hall–Kier alpha value is -0.610. The Morgan fingerprint density at radius 1 is 1.67 bits per heavy atom. The normalized spacial score (nSPS) is 12.8.